The van der Waals surface area contributed by atoms with Crippen molar-refractivity contribution in [2.45, 2.75) is 5.16 Å². The van der Waals surface area contributed by atoms with Gasteiger partial charge in [0.1, 0.15) is 22.5 Å². The second kappa shape index (κ2) is 6.67. The van der Waals surface area contributed by atoms with Gasteiger partial charge in [-0.15, -0.1) is 0 Å². The van der Waals surface area contributed by atoms with Crippen molar-refractivity contribution in [1.29, 1.82) is 0 Å². The van der Waals surface area contributed by atoms with Crippen LogP contribution in [0.2, 0.25) is 5.15 Å². The van der Waals surface area contributed by atoms with Gasteiger partial charge in [0.15, 0.2) is 5.16 Å². The van der Waals surface area contributed by atoms with Gasteiger partial charge in [-0.05, 0) is 6.26 Å². The second-order valence-corrected chi connectivity index (χ2v) is 4.95. The van der Waals surface area contributed by atoms with E-state index in [1.54, 1.807) is 26.4 Å². The van der Waals surface area contributed by atoms with Gasteiger partial charge < -0.3 is 14.8 Å². The molecule has 0 saturated carbocycles. The number of methoxy groups -OCH3 is 2. The fraction of sp³-hybridized carbons (Fsp3) is 0.231. The van der Waals surface area contributed by atoms with Crippen LogP contribution < -0.4 is 14.8 Å². The lowest BCUT2D eigenvalue weighted by Gasteiger charge is -2.10. The Balaban J connectivity index is 2.31. The van der Waals surface area contributed by atoms with E-state index < -0.39 is 0 Å². The number of ether oxygens (including phenoxy) is 2. The molecule has 106 valence electrons. The van der Waals surface area contributed by atoms with Gasteiger partial charge in [-0.3, -0.25) is 0 Å². The molecule has 0 bridgehead atoms. The summed E-state index contributed by atoms with van der Waals surface area (Å²) in [7, 11) is 3.21. The minimum absolute atomic E-state index is 0.390. The summed E-state index contributed by atoms with van der Waals surface area (Å²) in [5.41, 5.74) is 0.794. The van der Waals surface area contributed by atoms with Crippen molar-refractivity contribution in [2.75, 3.05) is 25.8 Å². The van der Waals surface area contributed by atoms with Crippen LogP contribution in [0, 0.1) is 0 Å². The van der Waals surface area contributed by atoms with Crippen LogP contribution >= 0.6 is 23.4 Å². The molecule has 1 heterocycles. The van der Waals surface area contributed by atoms with Gasteiger partial charge in [0.05, 0.1) is 14.2 Å². The SMILES string of the molecule is COc1cc(Nc2cc(Cl)nc(SC)n2)cc(OC)c1. The van der Waals surface area contributed by atoms with Crippen molar-refractivity contribution in [1.82, 2.24) is 9.97 Å². The number of nitrogens with zero attached hydrogens (tertiary/aromatic N) is 2. The zero-order valence-corrected chi connectivity index (χ0v) is 12.9. The summed E-state index contributed by atoms with van der Waals surface area (Å²) in [6.45, 7) is 0. The van der Waals surface area contributed by atoms with E-state index in [2.05, 4.69) is 15.3 Å². The highest BCUT2D eigenvalue weighted by atomic mass is 35.5. The number of hydrogen-bond donors (Lipinski definition) is 1. The van der Waals surface area contributed by atoms with Gasteiger partial charge in [-0.25, -0.2) is 9.97 Å². The van der Waals surface area contributed by atoms with Crippen molar-refractivity contribution in [3.8, 4) is 11.5 Å². The van der Waals surface area contributed by atoms with E-state index in [0.717, 1.165) is 5.69 Å². The number of rotatable bonds is 5. The van der Waals surface area contributed by atoms with Crippen LogP contribution in [0.25, 0.3) is 0 Å². The van der Waals surface area contributed by atoms with Gasteiger partial charge in [0, 0.05) is 30.0 Å². The molecule has 0 aliphatic carbocycles. The monoisotopic (exact) mass is 311 g/mol. The number of benzene rings is 1. The largest absolute Gasteiger partial charge is 0.497 e. The van der Waals surface area contributed by atoms with Crippen LogP contribution in [-0.4, -0.2) is 30.4 Å². The average molecular weight is 312 g/mol. The Hall–Kier alpha value is -1.66. The Morgan fingerprint density at radius 1 is 1.05 bits per heavy atom. The van der Waals surface area contributed by atoms with E-state index in [4.69, 9.17) is 21.1 Å². The second-order valence-electron chi connectivity index (χ2n) is 3.79. The van der Waals surface area contributed by atoms with Crippen molar-refractivity contribution < 1.29 is 9.47 Å². The first kappa shape index (κ1) is 14.7. The third kappa shape index (κ3) is 3.68. The van der Waals surface area contributed by atoms with Gasteiger partial charge in [-0.1, -0.05) is 23.4 Å². The van der Waals surface area contributed by atoms with E-state index in [9.17, 15) is 0 Å². The van der Waals surface area contributed by atoms with Gasteiger partial charge >= 0.3 is 0 Å². The highest BCUT2D eigenvalue weighted by Gasteiger charge is 2.06. The normalized spacial score (nSPS) is 10.2. The molecule has 0 amide bonds. The highest BCUT2D eigenvalue weighted by molar-refractivity contribution is 7.98. The summed E-state index contributed by atoms with van der Waals surface area (Å²) in [5.74, 6) is 2.00. The Morgan fingerprint density at radius 3 is 2.25 bits per heavy atom. The van der Waals surface area contributed by atoms with E-state index in [1.807, 2.05) is 18.4 Å². The summed E-state index contributed by atoms with van der Waals surface area (Å²) in [6.07, 6.45) is 1.89. The molecule has 0 unspecified atom stereocenters. The zero-order chi connectivity index (χ0) is 14.5. The van der Waals surface area contributed by atoms with Crippen molar-refractivity contribution >= 4 is 34.9 Å². The number of halogens is 1. The first-order valence-corrected chi connectivity index (χ1v) is 7.33. The Labute approximate surface area is 126 Å². The van der Waals surface area contributed by atoms with Crippen LogP contribution in [0.4, 0.5) is 11.5 Å². The maximum atomic E-state index is 5.96. The Morgan fingerprint density at radius 2 is 1.70 bits per heavy atom. The zero-order valence-electron chi connectivity index (χ0n) is 11.3. The number of aromatic nitrogens is 2. The van der Waals surface area contributed by atoms with Gasteiger partial charge in [-0.2, -0.15) is 0 Å². The molecule has 0 saturated heterocycles. The molecular formula is C13H14ClN3O2S. The van der Waals surface area contributed by atoms with Crippen LogP contribution in [0.3, 0.4) is 0 Å². The van der Waals surface area contributed by atoms with Crippen molar-refractivity contribution in [3.05, 3.63) is 29.4 Å². The maximum absolute atomic E-state index is 5.96. The fourth-order valence-corrected chi connectivity index (χ4v) is 2.19. The van der Waals surface area contributed by atoms with E-state index in [-0.39, 0.29) is 0 Å². The molecule has 0 fully saturated rings. The first-order chi connectivity index (χ1) is 9.64. The van der Waals surface area contributed by atoms with E-state index in [0.29, 0.717) is 27.6 Å². The molecule has 0 atom stereocenters. The summed E-state index contributed by atoms with van der Waals surface area (Å²) in [4.78, 5) is 8.42. The van der Waals surface area contributed by atoms with Crippen LogP contribution in [0.15, 0.2) is 29.4 Å². The molecule has 2 aromatic rings. The summed E-state index contributed by atoms with van der Waals surface area (Å²) < 4.78 is 10.4. The topological polar surface area (TPSA) is 56.3 Å². The molecular weight excluding hydrogens is 298 g/mol. The molecule has 20 heavy (non-hydrogen) atoms. The lowest BCUT2D eigenvalue weighted by atomic mass is 10.2. The van der Waals surface area contributed by atoms with Gasteiger partial charge in [0.2, 0.25) is 0 Å². The summed E-state index contributed by atoms with van der Waals surface area (Å²) in [6, 6.07) is 7.15. The lowest BCUT2D eigenvalue weighted by molar-refractivity contribution is 0.395. The summed E-state index contributed by atoms with van der Waals surface area (Å²) in [5, 5.41) is 4.16. The Bertz CT molecular complexity index is 588. The maximum Gasteiger partial charge on any atom is 0.190 e. The molecule has 5 nitrogen and oxygen atoms in total. The molecule has 7 heteroatoms. The standard InChI is InChI=1S/C13H14ClN3O2S/c1-18-9-4-8(5-10(6-9)19-2)15-12-7-11(14)16-13(17-12)20-3/h4-7H,1-3H3,(H,15,16,17). The number of hydrogen-bond acceptors (Lipinski definition) is 6. The number of nitrogens with one attached hydrogen (secondary N) is 1. The quantitative estimate of drug-likeness (QED) is 0.517. The number of anilines is 2. The predicted molar refractivity (Wildman–Crippen MR) is 81.7 cm³/mol. The van der Waals surface area contributed by atoms with Gasteiger partial charge in [0.25, 0.3) is 0 Å². The fourth-order valence-electron chi connectivity index (χ4n) is 1.58. The molecule has 2 rings (SSSR count). The molecule has 1 aromatic carbocycles. The molecule has 0 spiro atoms. The third-order valence-electron chi connectivity index (χ3n) is 2.48. The first-order valence-electron chi connectivity index (χ1n) is 5.73. The molecule has 0 aliphatic heterocycles. The number of thioether (sulfide) groups is 1. The third-order valence-corrected chi connectivity index (χ3v) is 3.22. The molecule has 1 aromatic heterocycles. The molecule has 1 N–H and O–H groups in total. The average Bonchev–Trinajstić information content (AvgIpc) is 2.46. The minimum atomic E-state index is 0.390. The van der Waals surface area contributed by atoms with Crippen LogP contribution in [-0.2, 0) is 0 Å². The van der Waals surface area contributed by atoms with Crippen LogP contribution in [0.1, 0.15) is 0 Å². The van der Waals surface area contributed by atoms with Crippen LogP contribution in [0.5, 0.6) is 11.5 Å². The molecule has 0 radical (unpaired) electrons. The van der Waals surface area contributed by atoms with E-state index in [1.165, 1.54) is 11.8 Å². The lowest BCUT2D eigenvalue weighted by Crippen LogP contribution is -1.98. The van der Waals surface area contributed by atoms with Crippen molar-refractivity contribution in [2.24, 2.45) is 0 Å². The Kier molecular flexibility index (Phi) is 4.92. The predicted octanol–water partition coefficient (Wildman–Crippen LogP) is 3.61. The van der Waals surface area contributed by atoms with E-state index >= 15 is 0 Å². The minimum Gasteiger partial charge on any atom is -0.497 e. The summed E-state index contributed by atoms with van der Waals surface area (Å²) >= 11 is 7.39. The van der Waals surface area contributed by atoms with Crippen molar-refractivity contribution in [3.63, 3.8) is 0 Å². The molecule has 0 aliphatic rings. The smallest absolute Gasteiger partial charge is 0.190 e. The highest BCUT2D eigenvalue weighted by Crippen LogP contribution is 2.28.